The molecule has 0 radical (unpaired) electrons. The van der Waals surface area contributed by atoms with E-state index in [1.807, 2.05) is 43.5 Å². The number of benzene rings is 1. The first-order chi connectivity index (χ1) is 10.9. The van der Waals surface area contributed by atoms with Gasteiger partial charge in [-0.3, -0.25) is 9.59 Å². The smallest absolute Gasteiger partial charge is 0.323 e. The molecule has 0 bridgehead atoms. The number of aryl methyl sites for hydroxylation is 2. The number of carboxylic acids is 1. The molecular weight excluding hydrogens is 296 g/mol. The highest BCUT2D eigenvalue weighted by Crippen LogP contribution is 2.30. The number of ether oxygens (including phenoxy) is 1. The van der Waals surface area contributed by atoms with Gasteiger partial charge in [-0.25, -0.2) is 0 Å². The minimum atomic E-state index is -1.03. The molecule has 0 aliphatic rings. The number of amides is 1. The first kappa shape index (κ1) is 16.9. The molecule has 1 aromatic carbocycles. The highest BCUT2D eigenvalue weighted by atomic mass is 16.5. The van der Waals surface area contributed by atoms with Crippen LogP contribution in [0.3, 0.4) is 0 Å². The Bertz CT molecular complexity index is 749. The molecule has 0 aliphatic heterocycles. The van der Waals surface area contributed by atoms with Crippen molar-refractivity contribution in [1.82, 2.24) is 9.47 Å². The van der Waals surface area contributed by atoms with Crippen molar-refractivity contribution in [3.8, 4) is 5.75 Å². The van der Waals surface area contributed by atoms with Crippen LogP contribution in [0.1, 0.15) is 29.9 Å². The lowest BCUT2D eigenvalue weighted by atomic mass is 10.1. The zero-order valence-electron chi connectivity index (χ0n) is 13.9. The van der Waals surface area contributed by atoms with Gasteiger partial charge in [0.1, 0.15) is 18.0 Å². The van der Waals surface area contributed by atoms with Crippen molar-refractivity contribution in [3.63, 3.8) is 0 Å². The van der Waals surface area contributed by atoms with Gasteiger partial charge in [-0.15, -0.1) is 0 Å². The first-order valence-electron chi connectivity index (χ1n) is 7.63. The summed E-state index contributed by atoms with van der Waals surface area (Å²) in [6.07, 6.45) is 0. The molecule has 23 heavy (non-hydrogen) atoms. The van der Waals surface area contributed by atoms with Crippen molar-refractivity contribution in [3.05, 3.63) is 29.5 Å². The maximum atomic E-state index is 12.7. The standard InChI is InChI=1S/C17H22N2O4/c1-5-19-14-8-7-12(23-6-2)9-13(14)11(3)16(19)17(22)18(4)10-15(20)21/h7-9H,5-6,10H2,1-4H3,(H,20,21). The molecule has 1 aromatic heterocycles. The Labute approximate surface area is 135 Å². The van der Waals surface area contributed by atoms with Crippen LogP contribution in [-0.4, -0.2) is 46.6 Å². The van der Waals surface area contributed by atoms with Gasteiger partial charge in [-0.1, -0.05) is 0 Å². The zero-order valence-corrected chi connectivity index (χ0v) is 13.9. The summed E-state index contributed by atoms with van der Waals surface area (Å²) in [7, 11) is 1.50. The van der Waals surface area contributed by atoms with Crippen LogP contribution in [0.5, 0.6) is 5.75 Å². The van der Waals surface area contributed by atoms with E-state index in [9.17, 15) is 9.59 Å². The molecule has 0 saturated carbocycles. The Morgan fingerprint density at radius 3 is 2.57 bits per heavy atom. The highest BCUT2D eigenvalue weighted by Gasteiger charge is 2.23. The van der Waals surface area contributed by atoms with E-state index < -0.39 is 5.97 Å². The summed E-state index contributed by atoms with van der Waals surface area (Å²) in [5.74, 6) is -0.563. The lowest BCUT2D eigenvalue weighted by Crippen LogP contribution is -2.33. The van der Waals surface area contributed by atoms with Crippen molar-refractivity contribution >= 4 is 22.8 Å². The second kappa shape index (κ2) is 6.73. The van der Waals surface area contributed by atoms with Crippen molar-refractivity contribution in [2.24, 2.45) is 0 Å². The van der Waals surface area contributed by atoms with Crippen LogP contribution in [0.15, 0.2) is 18.2 Å². The third kappa shape index (κ3) is 3.16. The number of nitrogens with zero attached hydrogens (tertiary/aromatic N) is 2. The molecule has 6 nitrogen and oxygen atoms in total. The number of fused-ring (bicyclic) bond motifs is 1. The molecule has 0 fully saturated rings. The van der Waals surface area contributed by atoms with Gasteiger partial charge < -0.3 is 19.3 Å². The van der Waals surface area contributed by atoms with Crippen LogP contribution in [0.2, 0.25) is 0 Å². The van der Waals surface area contributed by atoms with Gasteiger partial charge in [-0.2, -0.15) is 0 Å². The first-order valence-corrected chi connectivity index (χ1v) is 7.63. The van der Waals surface area contributed by atoms with E-state index in [2.05, 4.69) is 0 Å². The molecule has 1 amide bonds. The predicted molar refractivity (Wildman–Crippen MR) is 88.1 cm³/mol. The molecule has 2 aromatic rings. The van der Waals surface area contributed by atoms with E-state index in [1.54, 1.807) is 0 Å². The molecule has 0 atom stereocenters. The van der Waals surface area contributed by atoms with E-state index >= 15 is 0 Å². The summed E-state index contributed by atoms with van der Waals surface area (Å²) >= 11 is 0. The molecule has 2 rings (SSSR count). The number of aliphatic carboxylic acids is 1. The molecule has 0 aliphatic carbocycles. The van der Waals surface area contributed by atoms with E-state index in [0.717, 1.165) is 22.2 Å². The van der Waals surface area contributed by atoms with Crippen molar-refractivity contribution in [1.29, 1.82) is 0 Å². The molecule has 1 heterocycles. The van der Waals surface area contributed by atoms with Crippen molar-refractivity contribution < 1.29 is 19.4 Å². The normalized spacial score (nSPS) is 10.8. The summed E-state index contributed by atoms with van der Waals surface area (Å²) in [5, 5.41) is 9.84. The van der Waals surface area contributed by atoms with Gasteiger partial charge in [0.2, 0.25) is 0 Å². The Kier molecular flexibility index (Phi) is 4.93. The summed E-state index contributed by atoms with van der Waals surface area (Å²) < 4.78 is 7.45. The lowest BCUT2D eigenvalue weighted by Gasteiger charge is -2.16. The van der Waals surface area contributed by atoms with Crippen LogP contribution < -0.4 is 4.74 Å². The van der Waals surface area contributed by atoms with Crippen LogP contribution in [0, 0.1) is 6.92 Å². The minimum Gasteiger partial charge on any atom is -0.494 e. The number of carbonyl (C=O) groups is 2. The highest BCUT2D eigenvalue weighted by molar-refractivity contribution is 6.02. The summed E-state index contributed by atoms with van der Waals surface area (Å²) in [6.45, 7) is 6.64. The van der Waals surface area contributed by atoms with Crippen LogP contribution in [-0.2, 0) is 11.3 Å². The van der Waals surface area contributed by atoms with E-state index in [1.165, 1.54) is 11.9 Å². The van der Waals surface area contributed by atoms with Gasteiger partial charge in [0.25, 0.3) is 5.91 Å². The largest absolute Gasteiger partial charge is 0.494 e. The van der Waals surface area contributed by atoms with Crippen LogP contribution in [0.4, 0.5) is 0 Å². The van der Waals surface area contributed by atoms with Gasteiger partial charge in [0.05, 0.1) is 6.61 Å². The summed E-state index contributed by atoms with van der Waals surface area (Å²) in [4.78, 5) is 24.7. The monoisotopic (exact) mass is 318 g/mol. The summed E-state index contributed by atoms with van der Waals surface area (Å²) in [5.41, 5.74) is 2.31. The predicted octanol–water partition coefficient (Wildman–Crippen LogP) is 2.52. The van der Waals surface area contributed by atoms with E-state index in [0.29, 0.717) is 18.8 Å². The fraction of sp³-hybridized carbons (Fsp3) is 0.412. The lowest BCUT2D eigenvalue weighted by molar-refractivity contribution is -0.137. The second-order valence-corrected chi connectivity index (χ2v) is 5.38. The second-order valence-electron chi connectivity index (χ2n) is 5.38. The maximum Gasteiger partial charge on any atom is 0.323 e. The quantitative estimate of drug-likeness (QED) is 0.888. The molecule has 6 heteroatoms. The molecule has 0 saturated heterocycles. The molecular formula is C17H22N2O4. The molecule has 0 unspecified atom stereocenters. The Balaban J connectivity index is 2.56. The van der Waals surface area contributed by atoms with E-state index in [-0.39, 0.29) is 12.5 Å². The third-order valence-electron chi connectivity index (χ3n) is 3.84. The Morgan fingerprint density at radius 1 is 1.30 bits per heavy atom. The fourth-order valence-corrected chi connectivity index (χ4v) is 2.82. The SMILES string of the molecule is CCOc1ccc2c(c1)c(C)c(C(=O)N(C)CC(=O)O)n2CC. The Morgan fingerprint density at radius 2 is 2.00 bits per heavy atom. The average Bonchev–Trinajstić information content (AvgIpc) is 2.78. The average molecular weight is 318 g/mol. The third-order valence-corrected chi connectivity index (χ3v) is 3.84. The van der Waals surface area contributed by atoms with Gasteiger partial charge in [-0.05, 0) is 44.5 Å². The van der Waals surface area contributed by atoms with E-state index in [4.69, 9.17) is 9.84 Å². The van der Waals surface area contributed by atoms with Gasteiger partial charge in [0, 0.05) is 24.5 Å². The number of hydrogen-bond donors (Lipinski definition) is 1. The van der Waals surface area contributed by atoms with Crippen molar-refractivity contribution in [2.75, 3.05) is 20.2 Å². The van der Waals surface area contributed by atoms with Gasteiger partial charge >= 0.3 is 5.97 Å². The van der Waals surface area contributed by atoms with Crippen LogP contribution in [0.25, 0.3) is 10.9 Å². The fourth-order valence-electron chi connectivity index (χ4n) is 2.82. The van der Waals surface area contributed by atoms with Gasteiger partial charge in [0.15, 0.2) is 0 Å². The number of hydrogen-bond acceptors (Lipinski definition) is 3. The van der Waals surface area contributed by atoms with Crippen molar-refractivity contribution in [2.45, 2.75) is 27.3 Å². The number of aromatic nitrogens is 1. The van der Waals surface area contributed by atoms with Crippen LogP contribution >= 0.6 is 0 Å². The number of likely N-dealkylation sites (N-methyl/N-ethyl adjacent to an activating group) is 1. The summed E-state index contributed by atoms with van der Waals surface area (Å²) in [6, 6.07) is 5.74. The minimum absolute atomic E-state index is 0.291. The Hall–Kier alpha value is -2.50. The number of rotatable bonds is 6. The molecule has 0 spiro atoms. The molecule has 1 N–H and O–H groups in total. The topological polar surface area (TPSA) is 71.8 Å². The number of carboxylic acid groups (broad SMARTS) is 1. The maximum absolute atomic E-state index is 12.7. The number of carbonyl (C=O) groups excluding carboxylic acids is 1. The molecule has 124 valence electrons. The zero-order chi connectivity index (χ0) is 17.1.